The summed E-state index contributed by atoms with van der Waals surface area (Å²) in [5.41, 5.74) is 3.28. The van der Waals surface area contributed by atoms with Crippen LogP contribution in [-0.4, -0.2) is 60.1 Å². The van der Waals surface area contributed by atoms with Crippen molar-refractivity contribution < 1.29 is 24.3 Å². The van der Waals surface area contributed by atoms with E-state index in [0.29, 0.717) is 23.6 Å². The summed E-state index contributed by atoms with van der Waals surface area (Å²) in [6.45, 7) is 8.01. The van der Waals surface area contributed by atoms with E-state index in [2.05, 4.69) is 47.1 Å². The van der Waals surface area contributed by atoms with Gasteiger partial charge < -0.3 is 20.7 Å². The van der Waals surface area contributed by atoms with Crippen molar-refractivity contribution in [2.24, 2.45) is 0 Å². The molecule has 2 aromatic rings. The topological polar surface area (TPSA) is 120 Å². The molecule has 9 nitrogen and oxygen atoms in total. The second-order valence-electron chi connectivity index (χ2n) is 9.02. The highest BCUT2D eigenvalue weighted by Crippen LogP contribution is 2.20. The van der Waals surface area contributed by atoms with Gasteiger partial charge in [0, 0.05) is 25.2 Å². The molecular formula is C26H36N4O5. The molecule has 0 saturated heterocycles. The number of hydroxylamine groups is 2. The minimum atomic E-state index is -0.685. The number of benzene rings is 2. The summed E-state index contributed by atoms with van der Waals surface area (Å²) >= 11 is 0. The van der Waals surface area contributed by atoms with Crippen molar-refractivity contribution in [1.82, 2.24) is 21.0 Å². The minimum Gasteiger partial charge on any atom is -0.444 e. The Hall–Kier alpha value is -3.59. The summed E-state index contributed by atoms with van der Waals surface area (Å²) in [5.74, 6) is -0.292. The fourth-order valence-electron chi connectivity index (χ4n) is 3.11. The van der Waals surface area contributed by atoms with E-state index in [1.165, 1.54) is 5.56 Å². The molecule has 190 valence electrons. The molecule has 0 aliphatic rings. The van der Waals surface area contributed by atoms with Crippen LogP contribution in [0.2, 0.25) is 0 Å². The van der Waals surface area contributed by atoms with Crippen molar-refractivity contribution >= 4 is 18.0 Å². The van der Waals surface area contributed by atoms with Gasteiger partial charge >= 0.3 is 12.1 Å². The summed E-state index contributed by atoms with van der Waals surface area (Å²) in [6, 6.07) is 14.9. The molecule has 0 aromatic heterocycles. The van der Waals surface area contributed by atoms with Crippen molar-refractivity contribution in [3.63, 3.8) is 0 Å². The first kappa shape index (κ1) is 27.7. The smallest absolute Gasteiger partial charge is 0.407 e. The van der Waals surface area contributed by atoms with Crippen LogP contribution in [0.1, 0.15) is 50.0 Å². The van der Waals surface area contributed by atoms with E-state index < -0.39 is 17.7 Å². The van der Waals surface area contributed by atoms with Crippen molar-refractivity contribution in [3.8, 4) is 11.1 Å². The molecule has 0 saturated carbocycles. The molecule has 0 bridgehead atoms. The van der Waals surface area contributed by atoms with Crippen LogP contribution in [0.4, 0.5) is 9.59 Å². The molecule has 0 aliphatic carbocycles. The summed E-state index contributed by atoms with van der Waals surface area (Å²) < 4.78 is 5.11. The molecule has 0 radical (unpaired) electrons. The van der Waals surface area contributed by atoms with Crippen molar-refractivity contribution in [1.29, 1.82) is 0 Å². The summed E-state index contributed by atoms with van der Waals surface area (Å²) in [7, 11) is 0. The Morgan fingerprint density at radius 1 is 0.857 bits per heavy atom. The van der Waals surface area contributed by atoms with Gasteiger partial charge in [-0.1, -0.05) is 43.3 Å². The van der Waals surface area contributed by atoms with E-state index in [-0.39, 0.29) is 25.5 Å². The lowest BCUT2D eigenvalue weighted by Gasteiger charge is -2.19. The normalized spacial score (nSPS) is 10.9. The van der Waals surface area contributed by atoms with E-state index in [4.69, 9.17) is 4.74 Å². The van der Waals surface area contributed by atoms with Gasteiger partial charge in [-0.15, -0.1) is 0 Å². The molecule has 0 heterocycles. The summed E-state index contributed by atoms with van der Waals surface area (Å²) in [4.78, 5) is 35.8. The molecule has 2 rings (SSSR count). The quantitative estimate of drug-likeness (QED) is 0.231. The first-order valence-corrected chi connectivity index (χ1v) is 11.8. The highest BCUT2D eigenvalue weighted by Gasteiger charge is 2.15. The zero-order valence-electron chi connectivity index (χ0n) is 20.9. The number of nitrogens with one attached hydrogen (secondary N) is 3. The minimum absolute atomic E-state index is 0.0738. The monoisotopic (exact) mass is 484 g/mol. The number of aryl methyl sites for hydroxylation is 1. The van der Waals surface area contributed by atoms with E-state index in [0.717, 1.165) is 17.5 Å². The largest absolute Gasteiger partial charge is 0.444 e. The summed E-state index contributed by atoms with van der Waals surface area (Å²) in [6.07, 6.45) is 0.928. The molecule has 2 aromatic carbocycles. The van der Waals surface area contributed by atoms with Gasteiger partial charge in [0.25, 0.3) is 5.91 Å². The summed E-state index contributed by atoms with van der Waals surface area (Å²) in [5, 5.41) is 18.2. The van der Waals surface area contributed by atoms with Crippen LogP contribution in [0.15, 0.2) is 48.5 Å². The zero-order chi connectivity index (χ0) is 25.8. The molecule has 4 amide bonds. The van der Waals surface area contributed by atoms with E-state index in [1.807, 2.05) is 12.1 Å². The number of urea groups is 1. The number of carbonyl (C=O) groups is 3. The third-order valence-electron chi connectivity index (χ3n) is 4.98. The number of hydrogen-bond acceptors (Lipinski definition) is 5. The van der Waals surface area contributed by atoms with Gasteiger partial charge in [0.15, 0.2) is 0 Å². The molecule has 4 N–H and O–H groups in total. The van der Waals surface area contributed by atoms with Crippen LogP contribution in [0, 0.1) is 0 Å². The first-order valence-electron chi connectivity index (χ1n) is 11.8. The Labute approximate surface area is 206 Å². The number of nitrogens with zero attached hydrogens (tertiary/aromatic N) is 1. The Kier molecular flexibility index (Phi) is 10.5. The Bertz CT molecular complexity index is 969. The Morgan fingerprint density at radius 2 is 1.43 bits per heavy atom. The average Bonchev–Trinajstić information content (AvgIpc) is 2.82. The standard InChI is InChI=1S/C26H36N4O5/c1-5-19-7-9-20(10-8-19)21-11-13-22(14-12-21)23(31)27-17-18-30(34)24(32)28-15-6-16-29-25(33)35-26(2,3)4/h7-14,34H,5-6,15-18H2,1-4H3,(H,27,31)(H,28,32)(H,29,33). The maximum atomic E-state index is 12.4. The van der Waals surface area contributed by atoms with Crippen molar-refractivity contribution in [2.45, 2.75) is 46.1 Å². The second kappa shape index (κ2) is 13.3. The highest BCUT2D eigenvalue weighted by atomic mass is 16.6. The number of alkyl carbamates (subject to hydrolysis) is 1. The lowest BCUT2D eigenvalue weighted by atomic mass is 10.0. The van der Waals surface area contributed by atoms with Crippen LogP contribution in [0.25, 0.3) is 11.1 Å². The van der Waals surface area contributed by atoms with Gasteiger partial charge in [-0.25, -0.2) is 14.7 Å². The molecule has 0 atom stereocenters. The molecule has 0 fully saturated rings. The molecule has 0 aliphatic heterocycles. The number of carbonyl (C=O) groups excluding carboxylic acids is 3. The van der Waals surface area contributed by atoms with Gasteiger partial charge in [0.1, 0.15) is 5.60 Å². The molecule has 9 heteroatoms. The fourth-order valence-corrected chi connectivity index (χ4v) is 3.11. The Balaban J connectivity index is 1.66. The third-order valence-corrected chi connectivity index (χ3v) is 4.98. The predicted molar refractivity (Wildman–Crippen MR) is 134 cm³/mol. The molecule has 35 heavy (non-hydrogen) atoms. The maximum absolute atomic E-state index is 12.4. The number of rotatable bonds is 10. The Morgan fingerprint density at radius 3 is 2.00 bits per heavy atom. The van der Waals surface area contributed by atoms with Gasteiger partial charge in [0.2, 0.25) is 0 Å². The van der Waals surface area contributed by atoms with Crippen LogP contribution in [0.5, 0.6) is 0 Å². The van der Waals surface area contributed by atoms with E-state index in [9.17, 15) is 19.6 Å². The molecule has 0 unspecified atom stereocenters. The van der Waals surface area contributed by atoms with E-state index >= 15 is 0 Å². The van der Waals surface area contributed by atoms with Gasteiger partial charge in [-0.2, -0.15) is 0 Å². The third kappa shape index (κ3) is 10.1. The van der Waals surface area contributed by atoms with Crippen LogP contribution >= 0.6 is 0 Å². The van der Waals surface area contributed by atoms with E-state index in [1.54, 1.807) is 32.9 Å². The van der Waals surface area contributed by atoms with Crippen LogP contribution in [0.3, 0.4) is 0 Å². The lowest BCUT2D eigenvalue weighted by molar-refractivity contribution is -0.0414. The van der Waals surface area contributed by atoms with Gasteiger partial charge in [-0.3, -0.25) is 10.0 Å². The van der Waals surface area contributed by atoms with Crippen LogP contribution < -0.4 is 16.0 Å². The second-order valence-corrected chi connectivity index (χ2v) is 9.02. The van der Waals surface area contributed by atoms with Crippen molar-refractivity contribution in [2.75, 3.05) is 26.2 Å². The lowest BCUT2D eigenvalue weighted by Crippen LogP contribution is -2.42. The zero-order valence-corrected chi connectivity index (χ0v) is 20.9. The number of hydrogen-bond donors (Lipinski definition) is 4. The molecule has 0 spiro atoms. The van der Waals surface area contributed by atoms with Gasteiger partial charge in [-0.05, 0) is 62.4 Å². The predicted octanol–water partition coefficient (Wildman–Crippen LogP) is 3.96. The number of ether oxygens (including phenoxy) is 1. The SMILES string of the molecule is CCc1ccc(-c2ccc(C(=O)NCCN(O)C(=O)NCCCNC(=O)OC(C)(C)C)cc2)cc1. The molecular weight excluding hydrogens is 448 g/mol. The van der Waals surface area contributed by atoms with Crippen LogP contribution in [-0.2, 0) is 11.2 Å². The highest BCUT2D eigenvalue weighted by molar-refractivity contribution is 5.94. The first-order chi connectivity index (χ1) is 16.6. The fraction of sp³-hybridized carbons (Fsp3) is 0.423. The number of amides is 4. The average molecular weight is 485 g/mol. The van der Waals surface area contributed by atoms with Crippen molar-refractivity contribution in [3.05, 3.63) is 59.7 Å². The van der Waals surface area contributed by atoms with Gasteiger partial charge in [0.05, 0.1) is 6.54 Å². The maximum Gasteiger partial charge on any atom is 0.407 e.